The highest BCUT2D eigenvalue weighted by Gasteiger charge is 2.17. The van der Waals surface area contributed by atoms with Crippen LogP contribution in [-0.4, -0.2) is 38.6 Å². The molecule has 1 saturated heterocycles. The van der Waals surface area contributed by atoms with Crippen LogP contribution >= 0.6 is 0 Å². The van der Waals surface area contributed by atoms with Crippen molar-refractivity contribution in [3.05, 3.63) is 0 Å². The fourth-order valence-corrected chi connectivity index (χ4v) is 1.48. The molecule has 0 unspecified atom stereocenters. The van der Waals surface area contributed by atoms with E-state index in [1.807, 2.05) is 7.05 Å². The minimum Gasteiger partial charge on any atom is -0.319 e. The number of nitrogens with one attached hydrogen (secondary N) is 1. The van der Waals surface area contributed by atoms with Gasteiger partial charge in [-0.15, -0.1) is 0 Å². The quantitative estimate of drug-likeness (QED) is 0.570. The molecular formula is C7H16N2. The van der Waals surface area contributed by atoms with E-state index in [0.29, 0.717) is 0 Å². The van der Waals surface area contributed by atoms with E-state index in [-0.39, 0.29) is 0 Å². The fraction of sp³-hybridized carbons (Fsp3) is 1.00. The molecule has 0 aliphatic carbocycles. The van der Waals surface area contributed by atoms with Gasteiger partial charge in [-0.25, -0.2) is 0 Å². The van der Waals surface area contributed by atoms with Crippen molar-refractivity contribution in [3.63, 3.8) is 0 Å². The summed E-state index contributed by atoms with van der Waals surface area (Å²) in [6.45, 7) is 3.75. The van der Waals surface area contributed by atoms with E-state index >= 15 is 0 Å². The second-order valence-corrected chi connectivity index (χ2v) is 2.97. The van der Waals surface area contributed by atoms with Crippen molar-refractivity contribution in [2.45, 2.75) is 6.42 Å². The summed E-state index contributed by atoms with van der Waals surface area (Å²) in [4.78, 5) is 2.39. The van der Waals surface area contributed by atoms with Gasteiger partial charge in [-0.3, -0.25) is 0 Å². The molecule has 0 saturated carbocycles. The molecule has 0 aromatic rings. The van der Waals surface area contributed by atoms with Gasteiger partial charge < -0.3 is 10.2 Å². The first-order valence-electron chi connectivity index (χ1n) is 3.66. The van der Waals surface area contributed by atoms with Crippen molar-refractivity contribution in [1.82, 2.24) is 10.2 Å². The predicted molar refractivity (Wildman–Crippen MR) is 39.5 cm³/mol. The molecule has 2 heteroatoms. The molecule has 0 amide bonds. The van der Waals surface area contributed by atoms with E-state index in [4.69, 9.17) is 0 Å². The Morgan fingerprint density at radius 2 is 2.44 bits per heavy atom. The van der Waals surface area contributed by atoms with E-state index in [1.165, 1.54) is 26.1 Å². The van der Waals surface area contributed by atoms with Crippen molar-refractivity contribution in [2.24, 2.45) is 5.92 Å². The third kappa shape index (κ3) is 1.95. The third-order valence-corrected chi connectivity index (χ3v) is 1.98. The van der Waals surface area contributed by atoms with Crippen molar-refractivity contribution < 1.29 is 0 Å². The zero-order chi connectivity index (χ0) is 6.69. The van der Waals surface area contributed by atoms with Crippen LogP contribution in [0.25, 0.3) is 0 Å². The van der Waals surface area contributed by atoms with Crippen LogP contribution in [0.2, 0.25) is 0 Å². The lowest BCUT2D eigenvalue weighted by Gasteiger charge is -2.08. The summed E-state index contributed by atoms with van der Waals surface area (Å²) < 4.78 is 0. The number of rotatable bonds is 2. The summed E-state index contributed by atoms with van der Waals surface area (Å²) >= 11 is 0. The molecule has 1 aliphatic rings. The second kappa shape index (κ2) is 3.18. The highest BCUT2D eigenvalue weighted by atomic mass is 15.1. The van der Waals surface area contributed by atoms with E-state index in [0.717, 1.165) is 5.92 Å². The smallest absolute Gasteiger partial charge is 0.00192 e. The average Bonchev–Trinajstić information content (AvgIpc) is 2.17. The normalized spacial score (nSPS) is 29.3. The van der Waals surface area contributed by atoms with Crippen molar-refractivity contribution in [3.8, 4) is 0 Å². The minimum absolute atomic E-state index is 0.903. The zero-order valence-corrected chi connectivity index (χ0v) is 6.35. The second-order valence-electron chi connectivity index (χ2n) is 2.97. The lowest BCUT2D eigenvalue weighted by molar-refractivity contribution is 0.392. The molecule has 2 nitrogen and oxygen atoms in total. The lowest BCUT2D eigenvalue weighted by Crippen LogP contribution is -2.21. The SMILES string of the molecule is CNC[C@H]1CCN(C)C1. The first-order chi connectivity index (χ1) is 4.33. The molecule has 1 fully saturated rings. The highest BCUT2D eigenvalue weighted by molar-refractivity contribution is 4.73. The van der Waals surface area contributed by atoms with Gasteiger partial charge in [0.25, 0.3) is 0 Å². The van der Waals surface area contributed by atoms with Crippen LogP contribution in [0.1, 0.15) is 6.42 Å². The van der Waals surface area contributed by atoms with Crippen LogP contribution in [0.4, 0.5) is 0 Å². The molecule has 1 rings (SSSR count). The Bertz CT molecular complexity index is 81.0. The summed E-state index contributed by atoms with van der Waals surface area (Å²) in [5.74, 6) is 0.903. The monoisotopic (exact) mass is 128 g/mol. The van der Waals surface area contributed by atoms with Crippen LogP contribution in [0.5, 0.6) is 0 Å². The Morgan fingerprint density at radius 1 is 1.67 bits per heavy atom. The Kier molecular flexibility index (Phi) is 2.49. The van der Waals surface area contributed by atoms with Gasteiger partial charge in [0.05, 0.1) is 0 Å². The predicted octanol–water partition coefficient (Wildman–Crippen LogP) is 0.157. The molecule has 1 atom stereocenters. The summed E-state index contributed by atoms with van der Waals surface area (Å²) in [6, 6.07) is 0. The third-order valence-electron chi connectivity index (χ3n) is 1.98. The zero-order valence-electron chi connectivity index (χ0n) is 6.35. The van der Waals surface area contributed by atoms with Gasteiger partial charge in [-0.2, -0.15) is 0 Å². The van der Waals surface area contributed by atoms with Crippen LogP contribution in [0, 0.1) is 5.92 Å². The van der Waals surface area contributed by atoms with Crippen LogP contribution in [0.3, 0.4) is 0 Å². The van der Waals surface area contributed by atoms with Crippen molar-refractivity contribution in [1.29, 1.82) is 0 Å². The summed E-state index contributed by atoms with van der Waals surface area (Å²) in [6.07, 6.45) is 1.37. The molecule has 0 aromatic heterocycles. The van der Waals surface area contributed by atoms with Gasteiger partial charge in [0, 0.05) is 6.54 Å². The maximum atomic E-state index is 3.20. The molecule has 1 N–H and O–H groups in total. The van der Waals surface area contributed by atoms with Gasteiger partial charge in [0.1, 0.15) is 0 Å². The van der Waals surface area contributed by atoms with Gasteiger partial charge in [0.15, 0.2) is 0 Å². The molecular weight excluding hydrogens is 112 g/mol. The number of nitrogens with zero attached hydrogens (tertiary/aromatic N) is 1. The van der Waals surface area contributed by atoms with E-state index < -0.39 is 0 Å². The minimum atomic E-state index is 0.903. The molecule has 1 heterocycles. The number of hydrogen-bond acceptors (Lipinski definition) is 2. The maximum Gasteiger partial charge on any atom is 0.00192 e. The molecule has 1 aliphatic heterocycles. The Hall–Kier alpha value is -0.0800. The van der Waals surface area contributed by atoms with Gasteiger partial charge in [-0.1, -0.05) is 0 Å². The van der Waals surface area contributed by atoms with Crippen molar-refractivity contribution >= 4 is 0 Å². The standard InChI is InChI=1S/C7H16N2/c1-8-5-7-3-4-9(2)6-7/h7-8H,3-6H2,1-2H3/t7-/m1/s1. The molecule has 9 heavy (non-hydrogen) atoms. The van der Waals surface area contributed by atoms with Crippen LogP contribution in [0.15, 0.2) is 0 Å². The summed E-state index contributed by atoms with van der Waals surface area (Å²) in [7, 11) is 4.22. The summed E-state index contributed by atoms with van der Waals surface area (Å²) in [5.41, 5.74) is 0. The molecule has 0 bridgehead atoms. The van der Waals surface area contributed by atoms with Crippen molar-refractivity contribution in [2.75, 3.05) is 33.7 Å². The molecule has 0 spiro atoms. The van der Waals surface area contributed by atoms with E-state index in [1.54, 1.807) is 0 Å². The van der Waals surface area contributed by atoms with E-state index in [9.17, 15) is 0 Å². The number of likely N-dealkylation sites (tertiary alicyclic amines) is 1. The Morgan fingerprint density at radius 3 is 2.89 bits per heavy atom. The van der Waals surface area contributed by atoms with Gasteiger partial charge >= 0.3 is 0 Å². The topological polar surface area (TPSA) is 15.3 Å². The average molecular weight is 128 g/mol. The van der Waals surface area contributed by atoms with Crippen LogP contribution < -0.4 is 5.32 Å². The highest BCUT2D eigenvalue weighted by Crippen LogP contribution is 2.12. The Labute approximate surface area is 57.2 Å². The molecule has 0 radical (unpaired) electrons. The first-order valence-corrected chi connectivity index (χ1v) is 3.66. The lowest BCUT2D eigenvalue weighted by atomic mass is 10.1. The first kappa shape index (κ1) is 7.03. The largest absolute Gasteiger partial charge is 0.319 e. The molecule has 0 aromatic carbocycles. The molecule has 54 valence electrons. The summed E-state index contributed by atoms with van der Waals surface area (Å²) in [5, 5.41) is 3.20. The fourth-order valence-electron chi connectivity index (χ4n) is 1.48. The van der Waals surface area contributed by atoms with E-state index in [2.05, 4.69) is 17.3 Å². The van der Waals surface area contributed by atoms with Crippen LogP contribution in [-0.2, 0) is 0 Å². The van der Waals surface area contributed by atoms with Gasteiger partial charge in [0.2, 0.25) is 0 Å². The number of hydrogen-bond donors (Lipinski definition) is 1. The van der Waals surface area contributed by atoms with Gasteiger partial charge in [-0.05, 0) is 39.5 Å². The Balaban J connectivity index is 2.14. The maximum absolute atomic E-state index is 3.20.